The van der Waals surface area contributed by atoms with Crippen LogP contribution in [0.15, 0.2) is 48.5 Å². The lowest BCUT2D eigenvalue weighted by atomic mass is 10.0. The van der Waals surface area contributed by atoms with Gasteiger partial charge in [-0.2, -0.15) is 0 Å². The number of nitrogens with zero attached hydrogens (tertiary/aromatic N) is 2. The lowest BCUT2D eigenvalue weighted by Crippen LogP contribution is -2.48. The molecule has 0 atom stereocenters. The zero-order chi connectivity index (χ0) is 18.5. The molecule has 0 unspecified atom stereocenters. The van der Waals surface area contributed by atoms with Crippen LogP contribution in [0.5, 0.6) is 0 Å². The van der Waals surface area contributed by atoms with Crippen LogP contribution in [0.25, 0.3) is 0 Å². The zero-order valence-electron chi connectivity index (χ0n) is 15.4. The molecular formula is C21H25N3O2. The summed E-state index contributed by atoms with van der Waals surface area (Å²) in [4.78, 5) is 28.6. The number of hydrogen-bond acceptors (Lipinski definition) is 4. The van der Waals surface area contributed by atoms with Crippen LogP contribution in [0.1, 0.15) is 33.2 Å². The molecule has 1 N–H and O–H groups in total. The summed E-state index contributed by atoms with van der Waals surface area (Å²) in [6.45, 7) is 5.38. The number of piperazine rings is 1. The van der Waals surface area contributed by atoms with Gasteiger partial charge in [0.25, 0.3) is 5.91 Å². The molecule has 2 aromatic carbocycles. The van der Waals surface area contributed by atoms with Crippen molar-refractivity contribution in [3.8, 4) is 0 Å². The summed E-state index contributed by atoms with van der Waals surface area (Å²) in [5, 5.41) is 3.06. The minimum Gasteiger partial charge on any atom is -0.388 e. The quantitative estimate of drug-likeness (QED) is 0.842. The molecule has 1 amide bonds. The molecule has 136 valence electrons. The standard InChI is InChI=1S/C21H25N3O2/c1-16(25)20-6-4-3-5-18(20)15-23-11-13-24(14-12-23)21(26)17-7-9-19(22-2)10-8-17/h3-10,22H,11-15H2,1-2H3. The van der Waals surface area contributed by atoms with Crippen molar-refractivity contribution in [2.75, 3.05) is 38.5 Å². The fourth-order valence-corrected chi connectivity index (χ4v) is 3.31. The number of carbonyl (C=O) groups is 2. The third-order valence-electron chi connectivity index (χ3n) is 4.87. The van der Waals surface area contributed by atoms with Gasteiger partial charge in [-0.25, -0.2) is 0 Å². The second kappa shape index (κ2) is 8.15. The summed E-state index contributed by atoms with van der Waals surface area (Å²) in [6.07, 6.45) is 0. The smallest absolute Gasteiger partial charge is 0.253 e. The fourth-order valence-electron chi connectivity index (χ4n) is 3.31. The Kier molecular flexibility index (Phi) is 5.68. The van der Waals surface area contributed by atoms with Crippen molar-refractivity contribution in [2.45, 2.75) is 13.5 Å². The topological polar surface area (TPSA) is 52.7 Å². The SMILES string of the molecule is CNc1ccc(C(=O)N2CCN(Cc3ccccc3C(C)=O)CC2)cc1. The van der Waals surface area contributed by atoms with Crippen LogP contribution >= 0.6 is 0 Å². The summed E-state index contributed by atoms with van der Waals surface area (Å²) < 4.78 is 0. The molecule has 1 saturated heterocycles. The molecule has 2 aromatic rings. The van der Waals surface area contributed by atoms with E-state index in [1.165, 1.54) is 0 Å². The third kappa shape index (κ3) is 4.11. The van der Waals surface area contributed by atoms with E-state index in [-0.39, 0.29) is 11.7 Å². The van der Waals surface area contributed by atoms with E-state index >= 15 is 0 Å². The lowest BCUT2D eigenvalue weighted by molar-refractivity contribution is 0.0628. The predicted molar refractivity (Wildman–Crippen MR) is 104 cm³/mol. The van der Waals surface area contributed by atoms with E-state index in [9.17, 15) is 9.59 Å². The van der Waals surface area contributed by atoms with Gasteiger partial charge in [0.15, 0.2) is 5.78 Å². The second-order valence-electron chi connectivity index (χ2n) is 6.61. The van der Waals surface area contributed by atoms with Crippen molar-refractivity contribution in [1.29, 1.82) is 0 Å². The molecule has 5 nitrogen and oxygen atoms in total. The van der Waals surface area contributed by atoms with Crippen LogP contribution in [0.3, 0.4) is 0 Å². The van der Waals surface area contributed by atoms with Crippen molar-refractivity contribution in [3.63, 3.8) is 0 Å². The van der Waals surface area contributed by atoms with Gasteiger partial charge < -0.3 is 10.2 Å². The van der Waals surface area contributed by atoms with Gasteiger partial charge in [0.2, 0.25) is 0 Å². The summed E-state index contributed by atoms with van der Waals surface area (Å²) in [7, 11) is 1.86. The number of nitrogens with one attached hydrogen (secondary N) is 1. The van der Waals surface area contributed by atoms with E-state index in [1.54, 1.807) is 6.92 Å². The first-order chi connectivity index (χ1) is 12.6. The maximum Gasteiger partial charge on any atom is 0.253 e. The Morgan fingerprint density at radius 3 is 2.23 bits per heavy atom. The fraction of sp³-hybridized carbons (Fsp3) is 0.333. The maximum atomic E-state index is 12.7. The molecule has 1 aliphatic rings. The molecule has 1 heterocycles. The van der Waals surface area contributed by atoms with Gasteiger partial charge in [-0.1, -0.05) is 24.3 Å². The van der Waals surface area contributed by atoms with Crippen LogP contribution in [0.4, 0.5) is 5.69 Å². The van der Waals surface area contributed by atoms with Crippen LogP contribution < -0.4 is 5.32 Å². The number of carbonyl (C=O) groups excluding carboxylic acids is 2. The minimum atomic E-state index is 0.0800. The predicted octanol–water partition coefficient (Wildman–Crippen LogP) is 2.89. The Morgan fingerprint density at radius 2 is 1.62 bits per heavy atom. The second-order valence-corrected chi connectivity index (χ2v) is 6.61. The third-order valence-corrected chi connectivity index (χ3v) is 4.87. The molecule has 0 aromatic heterocycles. The molecule has 0 spiro atoms. The minimum absolute atomic E-state index is 0.0800. The summed E-state index contributed by atoms with van der Waals surface area (Å²) in [5.41, 5.74) is 3.56. The first-order valence-electron chi connectivity index (χ1n) is 8.97. The van der Waals surface area contributed by atoms with Crippen LogP contribution in [-0.2, 0) is 6.54 Å². The number of ketones is 1. The Bertz CT molecular complexity index is 778. The van der Waals surface area contributed by atoms with E-state index in [2.05, 4.69) is 10.2 Å². The maximum absolute atomic E-state index is 12.7. The van der Waals surface area contributed by atoms with Gasteiger partial charge in [0.1, 0.15) is 0 Å². The number of Topliss-reactive ketones (excluding diaryl/α,β-unsaturated/α-hetero) is 1. The molecule has 26 heavy (non-hydrogen) atoms. The van der Waals surface area contributed by atoms with Crippen LogP contribution in [-0.4, -0.2) is 54.7 Å². The Balaban J connectivity index is 1.59. The molecular weight excluding hydrogens is 326 g/mol. The average Bonchev–Trinajstić information content (AvgIpc) is 2.68. The highest BCUT2D eigenvalue weighted by atomic mass is 16.2. The molecule has 3 rings (SSSR count). The van der Waals surface area contributed by atoms with Gasteiger partial charge in [0, 0.05) is 56.6 Å². The van der Waals surface area contributed by atoms with Crippen molar-refractivity contribution < 1.29 is 9.59 Å². The van der Waals surface area contributed by atoms with Crippen LogP contribution in [0, 0.1) is 0 Å². The van der Waals surface area contributed by atoms with E-state index < -0.39 is 0 Å². The monoisotopic (exact) mass is 351 g/mol. The highest BCUT2D eigenvalue weighted by Gasteiger charge is 2.22. The van der Waals surface area contributed by atoms with Gasteiger partial charge in [0.05, 0.1) is 0 Å². The number of benzene rings is 2. The van der Waals surface area contributed by atoms with Crippen LogP contribution in [0.2, 0.25) is 0 Å². The van der Waals surface area contributed by atoms with Crippen molar-refractivity contribution >= 4 is 17.4 Å². The van der Waals surface area contributed by atoms with E-state index in [1.807, 2.05) is 60.5 Å². The van der Waals surface area contributed by atoms with Gasteiger partial charge in [-0.15, -0.1) is 0 Å². The zero-order valence-corrected chi connectivity index (χ0v) is 15.4. The van der Waals surface area contributed by atoms with E-state index in [4.69, 9.17) is 0 Å². The first kappa shape index (κ1) is 18.1. The lowest BCUT2D eigenvalue weighted by Gasteiger charge is -2.35. The molecule has 0 saturated carbocycles. The Labute approximate surface area is 154 Å². The first-order valence-corrected chi connectivity index (χ1v) is 8.97. The Hall–Kier alpha value is -2.66. The molecule has 1 fully saturated rings. The number of rotatable bonds is 5. The molecule has 0 bridgehead atoms. The van der Waals surface area contributed by atoms with Crippen molar-refractivity contribution in [1.82, 2.24) is 9.80 Å². The van der Waals surface area contributed by atoms with Gasteiger partial charge >= 0.3 is 0 Å². The highest BCUT2D eigenvalue weighted by Crippen LogP contribution is 2.16. The number of hydrogen-bond donors (Lipinski definition) is 1. The number of amides is 1. The largest absolute Gasteiger partial charge is 0.388 e. The summed E-state index contributed by atoms with van der Waals surface area (Å²) in [5.74, 6) is 0.177. The molecule has 5 heteroatoms. The van der Waals surface area contributed by atoms with Gasteiger partial charge in [-0.05, 0) is 36.8 Å². The molecule has 0 aliphatic carbocycles. The summed E-state index contributed by atoms with van der Waals surface area (Å²) >= 11 is 0. The molecule has 1 aliphatic heterocycles. The molecule has 0 radical (unpaired) electrons. The number of anilines is 1. The van der Waals surface area contributed by atoms with E-state index in [0.29, 0.717) is 13.1 Å². The average molecular weight is 351 g/mol. The highest BCUT2D eigenvalue weighted by molar-refractivity contribution is 5.95. The van der Waals surface area contributed by atoms with Crippen molar-refractivity contribution in [2.24, 2.45) is 0 Å². The summed E-state index contributed by atoms with van der Waals surface area (Å²) in [6, 6.07) is 15.3. The van der Waals surface area contributed by atoms with Crippen molar-refractivity contribution in [3.05, 3.63) is 65.2 Å². The normalized spacial score (nSPS) is 14.9. The van der Waals surface area contributed by atoms with E-state index in [0.717, 1.165) is 42.0 Å². The Morgan fingerprint density at radius 1 is 0.962 bits per heavy atom. The van der Waals surface area contributed by atoms with Gasteiger partial charge in [-0.3, -0.25) is 14.5 Å².